The van der Waals surface area contributed by atoms with Crippen LogP contribution in [0.25, 0.3) is 0 Å². The summed E-state index contributed by atoms with van der Waals surface area (Å²) in [7, 11) is 2.29. The van der Waals surface area contributed by atoms with E-state index in [1.165, 1.54) is 13.1 Å². The average molecular weight is 196 g/mol. The van der Waals surface area contributed by atoms with Crippen molar-refractivity contribution >= 4 is 0 Å². The predicted octanol–water partition coefficient (Wildman–Crippen LogP) is 2.01. The van der Waals surface area contributed by atoms with Crippen LogP contribution in [-0.4, -0.2) is 41.6 Å². The van der Waals surface area contributed by atoms with E-state index in [2.05, 4.69) is 51.5 Å². The van der Waals surface area contributed by atoms with E-state index in [1.807, 2.05) is 0 Å². The molecule has 0 bridgehead atoms. The highest BCUT2D eigenvalue weighted by Crippen LogP contribution is 2.67. The van der Waals surface area contributed by atoms with E-state index in [9.17, 15) is 0 Å². The molecule has 1 saturated carbocycles. The second-order valence-corrected chi connectivity index (χ2v) is 5.88. The maximum absolute atomic E-state index is 2.69. The lowest BCUT2D eigenvalue weighted by molar-refractivity contribution is 0.0647. The molecular formula is C12H24N2. The van der Waals surface area contributed by atoms with Gasteiger partial charge in [0.25, 0.3) is 0 Å². The summed E-state index contributed by atoms with van der Waals surface area (Å²) >= 11 is 0. The van der Waals surface area contributed by atoms with Gasteiger partial charge >= 0.3 is 0 Å². The van der Waals surface area contributed by atoms with Crippen LogP contribution in [0.15, 0.2) is 0 Å². The third-order valence-corrected chi connectivity index (χ3v) is 4.87. The smallest absolute Gasteiger partial charge is 0.0827 e. The zero-order valence-corrected chi connectivity index (χ0v) is 10.5. The molecule has 1 heterocycles. The first kappa shape index (κ1) is 10.4. The van der Waals surface area contributed by atoms with Crippen molar-refractivity contribution in [2.24, 2.45) is 11.3 Å². The minimum Gasteiger partial charge on any atom is -0.286 e. The van der Waals surface area contributed by atoms with Crippen LogP contribution >= 0.6 is 0 Å². The lowest BCUT2D eigenvalue weighted by Gasteiger charge is -2.35. The minimum absolute atomic E-state index is 0.362. The lowest BCUT2D eigenvalue weighted by atomic mass is 10.1. The Morgan fingerprint density at radius 3 is 2.00 bits per heavy atom. The van der Waals surface area contributed by atoms with E-state index in [1.54, 1.807) is 0 Å². The topological polar surface area (TPSA) is 6.48 Å². The van der Waals surface area contributed by atoms with E-state index < -0.39 is 0 Å². The highest BCUT2D eigenvalue weighted by Gasteiger charge is 2.75. The summed E-state index contributed by atoms with van der Waals surface area (Å²) in [5, 5.41) is 0. The van der Waals surface area contributed by atoms with Crippen molar-refractivity contribution in [2.45, 2.75) is 46.3 Å². The van der Waals surface area contributed by atoms with Gasteiger partial charge in [-0.25, -0.2) is 0 Å². The molecule has 1 saturated heterocycles. The van der Waals surface area contributed by atoms with Gasteiger partial charge in [0, 0.05) is 24.5 Å². The fourth-order valence-corrected chi connectivity index (χ4v) is 3.88. The quantitative estimate of drug-likeness (QED) is 0.633. The molecule has 0 aromatic rings. The summed E-state index contributed by atoms with van der Waals surface area (Å²) in [6, 6.07) is 0.671. The van der Waals surface area contributed by atoms with Crippen molar-refractivity contribution < 1.29 is 0 Å². The normalized spacial score (nSPS) is 42.6. The van der Waals surface area contributed by atoms with Crippen molar-refractivity contribution in [3.05, 3.63) is 0 Å². The first-order valence-corrected chi connectivity index (χ1v) is 5.84. The third-order valence-electron chi connectivity index (χ3n) is 4.87. The van der Waals surface area contributed by atoms with E-state index in [0.717, 1.165) is 5.92 Å². The molecule has 2 unspecified atom stereocenters. The maximum Gasteiger partial charge on any atom is 0.0827 e. The fourth-order valence-electron chi connectivity index (χ4n) is 3.88. The van der Waals surface area contributed by atoms with Crippen molar-refractivity contribution in [1.82, 2.24) is 9.80 Å². The van der Waals surface area contributed by atoms with E-state index in [4.69, 9.17) is 0 Å². The van der Waals surface area contributed by atoms with Crippen molar-refractivity contribution in [1.29, 1.82) is 0 Å². The van der Waals surface area contributed by atoms with Crippen molar-refractivity contribution in [2.75, 3.05) is 20.1 Å². The van der Waals surface area contributed by atoms with Crippen LogP contribution in [0.4, 0.5) is 0 Å². The van der Waals surface area contributed by atoms with E-state index in [0.29, 0.717) is 17.1 Å². The molecule has 0 N–H and O–H groups in total. The van der Waals surface area contributed by atoms with Crippen LogP contribution in [-0.2, 0) is 0 Å². The number of hydrogen-bond acceptors (Lipinski definition) is 2. The Balaban J connectivity index is 2.33. The number of rotatable bonds is 1. The van der Waals surface area contributed by atoms with Crippen LogP contribution in [0.1, 0.15) is 34.6 Å². The van der Waals surface area contributed by atoms with Crippen LogP contribution in [0.3, 0.4) is 0 Å². The fraction of sp³-hybridized carbons (Fsp3) is 1.00. The molecule has 14 heavy (non-hydrogen) atoms. The Hall–Kier alpha value is -0.0800. The van der Waals surface area contributed by atoms with Gasteiger partial charge in [-0.15, -0.1) is 0 Å². The van der Waals surface area contributed by atoms with Crippen LogP contribution in [0.5, 0.6) is 0 Å². The molecule has 2 heteroatoms. The number of nitrogens with zero attached hydrogens (tertiary/aromatic N) is 2. The number of hydrogen-bond donors (Lipinski definition) is 0. The summed E-state index contributed by atoms with van der Waals surface area (Å²) < 4.78 is 0. The van der Waals surface area contributed by atoms with Gasteiger partial charge in [-0.2, -0.15) is 0 Å². The van der Waals surface area contributed by atoms with Gasteiger partial charge in [-0.05, 0) is 26.8 Å². The van der Waals surface area contributed by atoms with Gasteiger partial charge in [-0.3, -0.25) is 9.80 Å². The highest BCUT2D eigenvalue weighted by atomic mass is 15.5. The monoisotopic (exact) mass is 196 g/mol. The Bertz CT molecular complexity index is 241. The summed E-state index contributed by atoms with van der Waals surface area (Å²) in [6.45, 7) is 14.3. The SMILES string of the molecule is CC(C)N1CCN(C)C12C(C)C2(C)C. The standard InChI is InChI=1S/C12H24N2/c1-9(2)14-8-7-13(6)12(14)10(3)11(12,4)5/h9-10H,7-8H2,1-6H3. The Morgan fingerprint density at radius 1 is 1.21 bits per heavy atom. The average Bonchev–Trinajstić information content (AvgIpc) is 2.45. The van der Waals surface area contributed by atoms with Gasteiger partial charge in [0.1, 0.15) is 0 Å². The summed E-state index contributed by atoms with van der Waals surface area (Å²) in [4.78, 5) is 5.26. The lowest BCUT2D eigenvalue weighted by Crippen LogP contribution is -2.47. The molecule has 2 atom stereocenters. The van der Waals surface area contributed by atoms with Crippen molar-refractivity contribution in [3.63, 3.8) is 0 Å². The van der Waals surface area contributed by atoms with Crippen LogP contribution in [0, 0.1) is 11.3 Å². The molecule has 0 amide bonds. The molecule has 0 aromatic heterocycles. The summed E-state index contributed by atoms with van der Waals surface area (Å²) in [5.41, 5.74) is 0.823. The minimum atomic E-state index is 0.362. The molecule has 1 spiro atoms. The molecule has 82 valence electrons. The van der Waals surface area contributed by atoms with Gasteiger partial charge < -0.3 is 0 Å². The van der Waals surface area contributed by atoms with Gasteiger partial charge in [-0.1, -0.05) is 20.8 Å². The molecule has 2 fully saturated rings. The molecule has 2 rings (SSSR count). The summed E-state index contributed by atoms with van der Waals surface area (Å²) in [5.74, 6) is 0.796. The zero-order chi connectivity index (χ0) is 10.7. The van der Waals surface area contributed by atoms with Crippen LogP contribution < -0.4 is 0 Å². The van der Waals surface area contributed by atoms with Crippen LogP contribution in [0.2, 0.25) is 0 Å². The zero-order valence-electron chi connectivity index (χ0n) is 10.5. The number of likely N-dealkylation sites (N-methyl/N-ethyl adjacent to an activating group) is 1. The van der Waals surface area contributed by atoms with E-state index in [-0.39, 0.29) is 0 Å². The Labute approximate surface area is 88.3 Å². The predicted molar refractivity (Wildman–Crippen MR) is 60.1 cm³/mol. The van der Waals surface area contributed by atoms with Gasteiger partial charge in [0.15, 0.2) is 0 Å². The molecule has 2 aliphatic rings. The van der Waals surface area contributed by atoms with Gasteiger partial charge in [0.05, 0.1) is 5.66 Å². The molecule has 2 nitrogen and oxygen atoms in total. The molecule has 0 aromatic carbocycles. The second-order valence-electron chi connectivity index (χ2n) is 5.88. The second kappa shape index (κ2) is 2.73. The molecule has 0 radical (unpaired) electrons. The largest absolute Gasteiger partial charge is 0.286 e. The first-order chi connectivity index (χ1) is 6.36. The molecule has 1 aliphatic carbocycles. The Kier molecular flexibility index (Phi) is 2.04. The third kappa shape index (κ3) is 0.892. The van der Waals surface area contributed by atoms with Crippen molar-refractivity contribution in [3.8, 4) is 0 Å². The molecular weight excluding hydrogens is 172 g/mol. The summed E-state index contributed by atoms with van der Waals surface area (Å²) in [6.07, 6.45) is 0. The maximum atomic E-state index is 2.69. The first-order valence-electron chi connectivity index (χ1n) is 5.84. The van der Waals surface area contributed by atoms with Gasteiger partial charge in [0.2, 0.25) is 0 Å². The highest BCUT2D eigenvalue weighted by molar-refractivity contribution is 5.24. The Morgan fingerprint density at radius 2 is 1.71 bits per heavy atom. The molecule has 1 aliphatic heterocycles. The van der Waals surface area contributed by atoms with E-state index >= 15 is 0 Å².